The molecule has 0 aromatic rings. The number of hydrogen-bond acceptors (Lipinski definition) is 5. The first-order chi connectivity index (χ1) is 35.1. The van der Waals surface area contributed by atoms with Crippen molar-refractivity contribution in [3.63, 3.8) is 0 Å². The maximum Gasteiger partial charge on any atom is 0.306 e. The molecule has 71 heavy (non-hydrogen) atoms. The highest BCUT2D eigenvalue weighted by molar-refractivity contribution is 5.70. The Morgan fingerprint density at radius 1 is 0.268 bits per heavy atom. The number of aliphatic hydroxyl groups is 1. The SMILES string of the molecule is CCCCCCCCCCCCCCCCCCCCCCCCCCCCCCCCCCCC(=O)OC(CO)COC(=O)CCCCCCCCCCCCCCCCCCCCCCCCCC. The van der Waals surface area contributed by atoms with Crippen LogP contribution in [-0.4, -0.2) is 36.4 Å². The van der Waals surface area contributed by atoms with Crippen LogP contribution in [0.25, 0.3) is 0 Å². The normalized spacial score (nSPS) is 12.0. The van der Waals surface area contributed by atoms with Crippen LogP contribution in [0.4, 0.5) is 0 Å². The molecule has 0 radical (unpaired) electrons. The van der Waals surface area contributed by atoms with Crippen LogP contribution in [0.15, 0.2) is 0 Å². The summed E-state index contributed by atoms with van der Waals surface area (Å²) in [5, 5.41) is 9.68. The fourth-order valence-corrected chi connectivity index (χ4v) is 10.7. The van der Waals surface area contributed by atoms with Crippen molar-refractivity contribution in [2.45, 2.75) is 399 Å². The lowest BCUT2D eigenvalue weighted by Gasteiger charge is -2.15. The van der Waals surface area contributed by atoms with Gasteiger partial charge in [0.15, 0.2) is 6.10 Å². The van der Waals surface area contributed by atoms with Crippen LogP contribution in [0.3, 0.4) is 0 Å². The quantitative estimate of drug-likeness (QED) is 0.0485. The van der Waals surface area contributed by atoms with Crippen molar-refractivity contribution < 1.29 is 24.2 Å². The smallest absolute Gasteiger partial charge is 0.306 e. The van der Waals surface area contributed by atoms with Crippen LogP contribution in [0.1, 0.15) is 393 Å². The highest BCUT2D eigenvalue weighted by Crippen LogP contribution is 2.19. The minimum absolute atomic E-state index is 0.0554. The van der Waals surface area contributed by atoms with E-state index in [0.717, 1.165) is 32.1 Å². The molecule has 1 N–H and O–H groups in total. The maximum absolute atomic E-state index is 12.3. The fourth-order valence-electron chi connectivity index (χ4n) is 10.7. The molecule has 0 bridgehead atoms. The van der Waals surface area contributed by atoms with Gasteiger partial charge >= 0.3 is 11.9 Å². The predicted molar refractivity (Wildman–Crippen MR) is 312 cm³/mol. The van der Waals surface area contributed by atoms with Crippen molar-refractivity contribution in [2.24, 2.45) is 0 Å². The van der Waals surface area contributed by atoms with Crippen LogP contribution in [0.2, 0.25) is 0 Å². The van der Waals surface area contributed by atoms with E-state index in [0.29, 0.717) is 12.8 Å². The van der Waals surface area contributed by atoms with Crippen LogP contribution in [0, 0.1) is 0 Å². The molecule has 0 aromatic heterocycles. The van der Waals surface area contributed by atoms with E-state index < -0.39 is 6.10 Å². The van der Waals surface area contributed by atoms with Gasteiger partial charge in [0.25, 0.3) is 0 Å². The van der Waals surface area contributed by atoms with Gasteiger partial charge < -0.3 is 14.6 Å². The summed E-state index contributed by atoms with van der Waals surface area (Å²) >= 11 is 0. The Kier molecular flexibility index (Phi) is 62.2. The molecule has 5 heteroatoms. The first-order valence-corrected chi connectivity index (χ1v) is 33.1. The lowest BCUT2D eigenvalue weighted by Crippen LogP contribution is -2.28. The molecule has 0 amide bonds. The van der Waals surface area contributed by atoms with Crippen molar-refractivity contribution in [2.75, 3.05) is 13.2 Å². The number of carbonyl (C=O) groups is 2. The van der Waals surface area contributed by atoms with Crippen molar-refractivity contribution in [3.8, 4) is 0 Å². The summed E-state index contributed by atoms with van der Waals surface area (Å²) in [4.78, 5) is 24.6. The zero-order valence-corrected chi connectivity index (χ0v) is 48.8. The third kappa shape index (κ3) is 61.3. The average Bonchev–Trinajstić information content (AvgIpc) is 3.37. The zero-order chi connectivity index (χ0) is 51.3. The Labute approximate surface area is 446 Å². The lowest BCUT2D eigenvalue weighted by molar-refractivity contribution is -0.161. The second-order valence-corrected chi connectivity index (χ2v) is 22.9. The monoisotopic (exact) mass is 1000 g/mol. The lowest BCUT2D eigenvalue weighted by atomic mass is 10.0. The van der Waals surface area contributed by atoms with Gasteiger partial charge in [0.1, 0.15) is 6.61 Å². The van der Waals surface area contributed by atoms with Crippen molar-refractivity contribution in [1.29, 1.82) is 0 Å². The van der Waals surface area contributed by atoms with E-state index in [4.69, 9.17) is 9.47 Å². The molecule has 0 aliphatic rings. The van der Waals surface area contributed by atoms with Gasteiger partial charge in [-0.1, -0.05) is 367 Å². The van der Waals surface area contributed by atoms with Crippen LogP contribution < -0.4 is 0 Å². The maximum atomic E-state index is 12.3. The topological polar surface area (TPSA) is 72.8 Å². The summed E-state index contributed by atoms with van der Waals surface area (Å²) in [6.07, 6.45) is 78.5. The number of aliphatic hydroxyl groups excluding tert-OH is 1. The van der Waals surface area contributed by atoms with Crippen molar-refractivity contribution >= 4 is 11.9 Å². The largest absolute Gasteiger partial charge is 0.462 e. The number of rotatable bonds is 63. The van der Waals surface area contributed by atoms with Gasteiger partial charge in [-0.05, 0) is 12.8 Å². The molecule has 1 atom stereocenters. The Morgan fingerprint density at radius 2 is 0.437 bits per heavy atom. The van der Waals surface area contributed by atoms with Gasteiger partial charge in [0.05, 0.1) is 6.61 Å². The fraction of sp³-hybridized carbons (Fsp3) is 0.970. The third-order valence-electron chi connectivity index (χ3n) is 15.7. The van der Waals surface area contributed by atoms with Crippen molar-refractivity contribution in [1.82, 2.24) is 0 Å². The first-order valence-electron chi connectivity index (χ1n) is 33.1. The molecule has 5 nitrogen and oxygen atoms in total. The Hall–Kier alpha value is -1.10. The molecule has 0 heterocycles. The third-order valence-corrected chi connectivity index (χ3v) is 15.7. The number of ether oxygens (including phenoxy) is 2. The summed E-state index contributed by atoms with van der Waals surface area (Å²) in [6, 6.07) is 0. The molecular formula is C66H130O5. The Morgan fingerprint density at radius 3 is 0.620 bits per heavy atom. The van der Waals surface area contributed by atoms with Gasteiger partial charge in [0.2, 0.25) is 0 Å². The number of unbranched alkanes of at least 4 members (excludes halogenated alkanes) is 55. The minimum Gasteiger partial charge on any atom is -0.462 e. The predicted octanol–water partition coefficient (Wildman–Crippen LogP) is 22.5. The molecule has 0 fully saturated rings. The molecule has 0 saturated heterocycles. The summed E-state index contributed by atoms with van der Waals surface area (Å²) in [5.41, 5.74) is 0. The standard InChI is InChI=1S/C66H130O5/c1-3-5-7-9-11-13-15-17-19-21-23-25-27-29-30-31-32-33-34-35-36-37-39-41-43-45-47-49-51-53-55-57-59-61-66(69)71-64(62-67)63-70-65(68)60-58-56-54-52-50-48-46-44-42-40-38-28-26-24-22-20-18-16-14-12-10-8-6-4-2/h64,67H,3-63H2,1-2H3. The molecule has 0 saturated carbocycles. The molecular weight excluding hydrogens is 873 g/mol. The molecule has 0 aliphatic heterocycles. The molecule has 0 aliphatic carbocycles. The number of hydrogen-bond donors (Lipinski definition) is 1. The van der Waals surface area contributed by atoms with Crippen LogP contribution in [-0.2, 0) is 19.1 Å². The van der Waals surface area contributed by atoms with Gasteiger partial charge in [-0.3, -0.25) is 9.59 Å². The van der Waals surface area contributed by atoms with Crippen LogP contribution in [0.5, 0.6) is 0 Å². The highest BCUT2D eigenvalue weighted by atomic mass is 16.6. The van der Waals surface area contributed by atoms with Gasteiger partial charge in [0, 0.05) is 12.8 Å². The van der Waals surface area contributed by atoms with Crippen LogP contribution >= 0.6 is 0 Å². The Bertz CT molecular complexity index is 999. The van der Waals surface area contributed by atoms with E-state index in [1.54, 1.807) is 0 Å². The van der Waals surface area contributed by atoms with Gasteiger partial charge in [-0.15, -0.1) is 0 Å². The van der Waals surface area contributed by atoms with E-state index in [2.05, 4.69) is 13.8 Å². The summed E-state index contributed by atoms with van der Waals surface area (Å²) in [5.74, 6) is -0.560. The van der Waals surface area contributed by atoms with E-state index in [-0.39, 0.29) is 25.2 Å². The molecule has 0 aromatic carbocycles. The number of carbonyl (C=O) groups excluding carboxylic acids is 2. The second kappa shape index (κ2) is 63.2. The number of esters is 2. The van der Waals surface area contributed by atoms with E-state index in [1.165, 1.54) is 334 Å². The van der Waals surface area contributed by atoms with E-state index >= 15 is 0 Å². The molecule has 0 rings (SSSR count). The van der Waals surface area contributed by atoms with E-state index in [1.807, 2.05) is 0 Å². The second-order valence-electron chi connectivity index (χ2n) is 22.9. The zero-order valence-electron chi connectivity index (χ0n) is 48.8. The summed E-state index contributed by atoms with van der Waals surface area (Å²) in [6.45, 7) is 4.22. The minimum atomic E-state index is -0.765. The van der Waals surface area contributed by atoms with Crippen molar-refractivity contribution in [3.05, 3.63) is 0 Å². The highest BCUT2D eigenvalue weighted by Gasteiger charge is 2.16. The average molecular weight is 1000 g/mol. The van der Waals surface area contributed by atoms with E-state index in [9.17, 15) is 14.7 Å². The molecule has 0 spiro atoms. The molecule has 1 unspecified atom stereocenters. The summed E-state index contributed by atoms with van der Waals surface area (Å²) in [7, 11) is 0. The van der Waals surface area contributed by atoms with Gasteiger partial charge in [-0.2, -0.15) is 0 Å². The molecule has 424 valence electrons. The van der Waals surface area contributed by atoms with Gasteiger partial charge in [-0.25, -0.2) is 0 Å². The first kappa shape index (κ1) is 69.9. The Balaban J connectivity index is 3.35. The summed E-state index contributed by atoms with van der Waals surface area (Å²) < 4.78 is 10.8.